The van der Waals surface area contributed by atoms with Gasteiger partial charge in [-0.05, 0) is 24.1 Å². The summed E-state index contributed by atoms with van der Waals surface area (Å²) in [6, 6.07) is 6.46. The number of hydrogen-bond donors (Lipinski definition) is 1. The minimum absolute atomic E-state index is 0.0117. The molecular formula is C16H20INO3S. The van der Waals surface area contributed by atoms with Crippen LogP contribution in [-0.2, 0) is 12.5 Å². The molecule has 3 rings (SSSR count). The normalized spacial score (nSPS) is 30.6. The third-order valence-corrected chi connectivity index (χ3v) is 5.18. The number of halogens is 1. The highest BCUT2D eigenvalue weighted by Crippen LogP contribution is 2.38. The second kappa shape index (κ2) is 7.09. The highest BCUT2D eigenvalue weighted by atomic mass is 127. The van der Waals surface area contributed by atoms with Crippen molar-refractivity contribution in [3.05, 3.63) is 41.1 Å². The lowest BCUT2D eigenvalue weighted by atomic mass is 10.0. The Balaban J connectivity index is 1.78. The average Bonchev–Trinajstić information content (AvgIpc) is 2.90. The fourth-order valence-corrected chi connectivity index (χ4v) is 3.90. The Bertz CT molecular complexity index is 568. The minimum atomic E-state index is -0.0466. The van der Waals surface area contributed by atoms with Gasteiger partial charge in [0.2, 0.25) is 0 Å². The number of thiol groups is 1. The highest BCUT2D eigenvalue weighted by Gasteiger charge is 2.40. The number of rotatable bonds is 4. The van der Waals surface area contributed by atoms with E-state index in [1.165, 1.54) is 16.7 Å². The van der Waals surface area contributed by atoms with Gasteiger partial charge in [-0.15, -0.1) is 12.6 Å². The van der Waals surface area contributed by atoms with Crippen LogP contribution in [0, 0.1) is 6.92 Å². The molecule has 1 aromatic carbocycles. The van der Waals surface area contributed by atoms with E-state index >= 15 is 0 Å². The van der Waals surface area contributed by atoms with Gasteiger partial charge in [0, 0.05) is 19.7 Å². The molecule has 0 aromatic heterocycles. The number of benzene rings is 1. The summed E-state index contributed by atoms with van der Waals surface area (Å²) in [4.78, 5) is 2.15. The molecule has 0 saturated carbocycles. The summed E-state index contributed by atoms with van der Waals surface area (Å²) in [5.41, 5.74) is 3.69. The van der Waals surface area contributed by atoms with Crippen LogP contribution in [-0.4, -0.2) is 37.1 Å². The molecule has 0 aliphatic carbocycles. The largest absolute Gasteiger partial charge is 0.378 e. The van der Waals surface area contributed by atoms with E-state index in [9.17, 15) is 0 Å². The zero-order valence-electron chi connectivity index (χ0n) is 12.6. The van der Waals surface area contributed by atoms with E-state index in [0.717, 1.165) is 6.42 Å². The smallest absolute Gasteiger partial charge is 0.134 e. The maximum Gasteiger partial charge on any atom is 0.134 e. The van der Waals surface area contributed by atoms with E-state index in [0.29, 0.717) is 6.61 Å². The Kier molecular flexibility index (Phi) is 5.34. The van der Waals surface area contributed by atoms with Crippen molar-refractivity contribution in [1.82, 2.24) is 4.90 Å². The van der Waals surface area contributed by atoms with E-state index in [1.807, 2.05) is 23.0 Å². The summed E-state index contributed by atoms with van der Waals surface area (Å²) in [5, 5.41) is -0.0117. The fraction of sp³-hybridized carbons (Fsp3) is 0.500. The monoisotopic (exact) mass is 433 g/mol. The molecule has 6 heteroatoms. The van der Waals surface area contributed by atoms with Crippen LogP contribution in [0.1, 0.15) is 28.5 Å². The van der Waals surface area contributed by atoms with Crippen molar-refractivity contribution in [3.8, 4) is 0 Å². The predicted molar refractivity (Wildman–Crippen MR) is 97.8 cm³/mol. The Morgan fingerprint density at radius 3 is 3.00 bits per heavy atom. The zero-order valence-corrected chi connectivity index (χ0v) is 15.7. The summed E-state index contributed by atoms with van der Waals surface area (Å²) in [6.45, 7) is 2.63. The van der Waals surface area contributed by atoms with Crippen molar-refractivity contribution >= 4 is 41.7 Å². The van der Waals surface area contributed by atoms with Gasteiger partial charge in [0.1, 0.15) is 40.7 Å². The van der Waals surface area contributed by atoms with Gasteiger partial charge in [0.25, 0.3) is 0 Å². The van der Waals surface area contributed by atoms with E-state index in [4.69, 9.17) is 25.2 Å². The molecule has 0 bridgehead atoms. The molecule has 1 saturated heterocycles. The second-order valence-corrected chi connectivity index (χ2v) is 6.80. The average molecular weight is 433 g/mol. The van der Waals surface area contributed by atoms with Gasteiger partial charge in [-0.1, -0.05) is 23.8 Å². The molecule has 120 valence electrons. The maximum absolute atomic E-state index is 6.12. The molecule has 4 nitrogen and oxygen atoms in total. The van der Waals surface area contributed by atoms with Crippen molar-refractivity contribution in [2.24, 2.45) is 0 Å². The van der Waals surface area contributed by atoms with Crippen molar-refractivity contribution in [3.63, 3.8) is 0 Å². The van der Waals surface area contributed by atoms with Crippen LogP contribution in [0.3, 0.4) is 0 Å². The van der Waals surface area contributed by atoms with Gasteiger partial charge in [0.15, 0.2) is 0 Å². The number of hydrogen-bond acceptors (Lipinski definition) is 5. The van der Waals surface area contributed by atoms with Crippen LogP contribution in [0.15, 0.2) is 24.4 Å². The quantitative estimate of drug-likeness (QED) is 0.580. The summed E-state index contributed by atoms with van der Waals surface area (Å²) < 4.78 is 16.9. The van der Waals surface area contributed by atoms with Gasteiger partial charge in [-0.2, -0.15) is 0 Å². The molecule has 1 fully saturated rings. The number of ether oxygens (including phenoxy) is 2. The molecule has 0 spiro atoms. The van der Waals surface area contributed by atoms with Gasteiger partial charge in [-0.3, -0.25) is 0 Å². The third-order valence-electron chi connectivity index (χ3n) is 4.27. The molecule has 1 aromatic rings. The van der Waals surface area contributed by atoms with E-state index in [2.05, 4.69) is 42.3 Å². The maximum atomic E-state index is 6.12. The Morgan fingerprint density at radius 1 is 1.45 bits per heavy atom. The first kappa shape index (κ1) is 16.6. The van der Waals surface area contributed by atoms with Gasteiger partial charge in [-0.25, -0.2) is 0 Å². The molecule has 2 aliphatic heterocycles. The Morgan fingerprint density at radius 2 is 2.27 bits per heavy atom. The Hall–Kier alpha value is -0.280. The SMILES string of the molecule is COC1C[C@H](N2C=Cc3cc(C)ccc3C2S)O[C@@H]1COI. The first-order valence-corrected chi connectivity index (χ1v) is 8.70. The second-order valence-electron chi connectivity index (χ2n) is 5.68. The summed E-state index contributed by atoms with van der Waals surface area (Å²) >= 11 is 6.70. The molecule has 2 heterocycles. The molecule has 4 atom stereocenters. The topological polar surface area (TPSA) is 30.9 Å². The molecule has 0 radical (unpaired) electrons. The van der Waals surface area contributed by atoms with Crippen molar-refractivity contribution in [1.29, 1.82) is 0 Å². The lowest BCUT2D eigenvalue weighted by Crippen LogP contribution is -2.34. The van der Waals surface area contributed by atoms with Crippen LogP contribution in [0.5, 0.6) is 0 Å². The molecule has 2 unspecified atom stereocenters. The lowest BCUT2D eigenvalue weighted by molar-refractivity contribution is -0.0633. The van der Waals surface area contributed by atoms with Crippen LogP contribution < -0.4 is 0 Å². The summed E-state index contributed by atoms with van der Waals surface area (Å²) in [5.74, 6) is 0. The van der Waals surface area contributed by atoms with Crippen LogP contribution in [0.2, 0.25) is 0 Å². The van der Waals surface area contributed by atoms with E-state index in [-0.39, 0.29) is 23.8 Å². The standard InChI is InChI=1S/C16H20INO3S/c1-10-3-4-12-11(7-10)5-6-18(16(12)22)15-8-13(19-2)14(21-15)9-20-17/h3-7,13-16,22H,8-9H2,1-2H3/t13?,14-,15-,16?/m1/s1. The first-order valence-electron chi connectivity index (χ1n) is 7.30. The number of fused-ring (bicyclic) bond motifs is 1. The third kappa shape index (κ3) is 3.17. The van der Waals surface area contributed by atoms with Gasteiger partial charge >= 0.3 is 0 Å². The summed E-state index contributed by atoms with van der Waals surface area (Å²) in [6.07, 6.45) is 4.97. The Labute approximate surface area is 150 Å². The molecule has 0 amide bonds. The molecular weight excluding hydrogens is 413 g/mol. The van der Waals surface area contributed by atoms with Crippen molar-refractivity contribution in [2.75, 3.05) is 13.7 Å². The molecule has 22 heavy (non-hydrogen) atoms. The predicted octanol–water partition coefficient (Wildman–Crippen LogP) is 3.71. The molecule has 2 aliphatic rings. The zero-order chi connectivity index (χ0) is 15.7. The van der Waals surface area contributed by atoms with Crippen LogP contribution in [0.25, 0.3) is 6.08 Å². The number of methoxy groups -OCH3 is 1. The fourth-order valence-electron chi connectivity index (χ4n) is 3.08. The number of aryl methyl sites for hydroxylation is 1. The number of nitrogens with zero attached hydrogens (tertiary/aromatic N) is 1. The van der Waals surface area contributed by atoms with Crippen molar-refractivity contribution in [2.45, 2.75) is 37.2 Å². The van der Waals surface area contributed by atoms with E-state index in [1.54, 1.807) is 7.11 Å². The van der Waals surface area contributed by atoms with E-state index < -0.39 is 0 Å². The lowest BCUT2D eigenvalue weighted by Gasteiger charge is -2.36. The first-order chi connectivity index (χ1) is 10.6. The highest BCUT2D eigenvalue weighted by molar-refractivity contribution is 14.1. The molecule has 0 N–H and O–H groups in total. The van der Waals surface area contributed by atoms with Gasteiger partial charge < -0.3 is 17.4 Å². The van der Waals surface area contributed by atoms with Crippen LogP contribution in [0.4, 0.5) is 0 Å². The summed E-state index contributed by atoms with van der Waals surface area (Å²) in [7, 11) is 1.72. The van der Waals surface area contributed by atoms with Gasteiger partial charge in [0.05, 0.1) is 12.7 Å². The minimum Gasteiger partial charge on any atom is -0.378 e. The van der Waals surface area contributed by atoms with Crippen LogP contribution >= 0.6 is 35.6 Å². The van der Waals surface area contributed by atoms with Crippen molar-refractivity contribution < 1.29 is 12.5 Å².